The molecule has 3 aromatic rings. The summed E-state index contributed by atoms with van der Waals surface area (Å²) in [6.07, 6.45) is 0. The fraction of sp³-hybridized carbons (Fsp3) is 0.136. The molecule has 2 heterocycles. The fourth-order valence-electron chi connectivity index (χ4n) is 4.16. The lowest BCUT2D eigenvalue weighted by Gasteiger charge is -2.31. The van der Waals surface area contributed by atoms with Gasteiger partial charge in [0.05, 0.1) is 22.4 Å². The molecule has 0 fully saturated rings. The van der Waals surface area contributed by atoms with E-state index in [1.807, 2.05) is 59.6 Å². The maximum atomic E-state index is 11.5. The maximum absolute atomic E-state index is 11.5. The van der Waals surface area contributed by atoms with Gasteiger partial charge in [0.15, 0.2) is 0 Å². The summed E-state index contributed by atoms with van der Waals surface area (Å²) >= 11 is 0. The van der Waals surface area contributed by atoms with Gasteiger partial charge in [-0.2, -0.15) is 5.10 Å². The lowest BCUT2D eigenvalue weighted by Crippen LogP contribution is -2.34. The molecule has 138 valence electrons. The third kappa shape index (κ3) is 2.53. The zero-order chi connectivity index (χ0) is 19.1. The predicted molar refractivity (Wildman–Crippen MR) is 110 cm³/mol. The van der Waals surface area contributed by atoms with Gasteiger partial charge in [0, 0.05) is 24.1 Å². The number of benzene rings is 3. The third-order valence-corrected chi connectivity index (χ3v) is 5.39. The molecule has 2 unspecified atom stereocenters. The Morgan fingerprint density at radius 2 is 1.68 bits per heavy atom. The number of nitrogens with one attached hydrogen (secondary N) is 1. The zero-order valence-electron chi connectivity index (χ0n) is 15.0. The van der Waals surface area contributed by atoms with Crippen LogP contribution in [-0.2, 0) is 0 Å². The highest BCUT2D eigenvalue weighted by atomic mass is 16.6. The van der Waals surface area contributed by atoms with Crippen LogP contribution < -0.4 is 10.3 Å². The fourth-order valence-corrected chi connectivity index (χ4v) is 4.16. The van der Waals surface area contributed by atoms with Gasteiger partial charge in [-0.25, -0.2) is 0 Å². The van der Waals surface area contributed by atoms with Crippen molar-refractivity contribution in [3.63, 3.8) is 0 Å². The number of para-hydroxylation sites is 2. The Hall–Kier alpha value is -3.67. The van der Waals surface area contributed by atoms with Crippen molar-refractivity contribution in [1.29, 1.82) is 0 Å². The Bertz CT molecular complexity index is 1070. The first-order valence-electron chi connectivity index (χ1n) is 9.23. The van der Waals surface area contributed by atoms with Crippen LogP contribution in [-0.4, -0.2) is 17.2 Å². The monoisotopic (exact) mass is 370 g/mol. The van der Waals surface area contributed by atoms with Crippen molar-refractivity contribution in [3.05, 3.63) is 100 Å². The van der Waals surface area contributed by atoms with Crippen LogP contribution in [0.1, 0.15) is 17.2 Å². The zero-order valence-corrected chi connectivity index (χ0v) is 15.0. The number of hydrogen-bond donors (Lipinski definition) is 1. The standard InChI is InChI=1S/C22H18N4O2/c27-26(28)19-13-7-12-17-20-18(14-23-21(17)19)22(15-8-3-1-4-9-15)25(24-20)16-10-5-2-6-11-16/h1-13,18,22-23H,14H2. The summed E-state index contributed by atoms with van der Waals surface area (Å²) < 4.78 is 0. The Kier molecular flexibility index (Phi) is 3.83. The molecule has 0 spiro atoms. The normalized spacial score (nSPS) is 20.0. The Labute approximate surface area is 162 Å². The predicted octanol–water partition coefficient (Wildman–Crippen LogP) is 4.60. The first-order valence-corrected chi connectivity index (χ1v) is 9.23. The molecule has 0 radical (unpaired) electrons. The van der Waals surface area contributed by atoms with E-state index in [1.54, 1.807) is 6.07 Å². The number of hydrogen-bond acceptors (Lipinski definition) is 5. The molecule has 0 amide bonds. The SMILES string of the molecule is O=[N+]([O-])c1cccc2c1NCC1C2=NN(c2ccccc2)C1c1ccccc1. The molecule has 2 aliphatic heterocycles. The van der Waals surface area contributed by atoms with Gasteiger partial charge in [0.2, 0.25) is 0 Å². The highest BCUT2D eigenvalue weighted by Gasteiger charge is 2.43. The van der Waals surface area contributed by atoms with Crippen molar-refractivity contribution >= 4 is 22.8 Å². The highest BCUT2D eigenvalue weighted by Crippen LogP contribution is 2.45. The second kappa shape index (κ2) is 6.49. The lowest BCUT2D eigenvalue weighted by atomic mass is 9.83. The van der Waals surface area contributed by atoms with Crippen molar-refractivity contribution in [2.45, 2.75) is 6.04 Å². The topological polar surface area (TPSA) is 70.8 Å². The maximum Gasteiger partial charge on any atom is 0.293 e. The molecule has 3 aromatic carbocycles. The second-order valence-electron chi connectivity index (χ2n) is 6.97. The van der Waals surface area contributed by atoms with E-state index < -0.39 is 0 Å². The molecular formula is C22H18N4O2. The van der Waals surface area contributed by atoms with Gasteiger partial charge in [-0.3, -0.25) is 15.1 Å². The Morgan fingerprint density at radius 1 is 0.964 bits per heavy atom. The molecule has 2 aliphatic rings. The number of nitro groups is 1. The number of anilines is 2. The molecule has 1 N–H and O–H groups in total. The van der Waals surface area contributed by atoms with Crippen LogP contribution in [0.4, 0.5) is 17.1 Å². The van der Waals surface area contributed by atoms with E-state index in [9.17, 15) is 10.1 Å². The van der Waals surface area contributed by atoms with Crippen LogP contribution in [0.25, 0.3) is 0 Å². The summed E-state index contributed by atoms with van der Waals surface area (Å²) in [4.78, 5) is 11.1. The van der Waals surface area contributed by atoms with Crippen molar-refractivity contribution in [3.8, 4) is 0 Å². The molecule has 6 nitrogen and oxygen atoms in total. The third-order valence-electron chi connectivity index (χ3n) is 5.39. The van der Waals surface area contributed by atoms with Crippen LogP contribution in [0.3, 0.4) is 0 Å². The Balaban J connectivity index is 1.67. The largest absolute Gasteiger partial charge is 0.378 e. The molecule has 0 bridgehead atoms. The summed E-state index contributed by atoms with van der Waals surface area (Å²) in [6, 6.07) is 25.6. The highest BCUT2D eigenvalue weighted by molar-refractivity contribution is 6.12. The van der Waals surface area contributed by atoms with Gasteiger partial charge in [0.25, 0.3) is 5.69 Å². The van der Waals surface area contributed by atoms with Crippen LogP contribution in [0.5, 0.6) is 0 Å². The number of nitrogens with zero attached hydrogens (tertiary/aromatic N) is 3. The van der Waals surface area contributed by atoms with E-state index >= 15 is 0 Å². The molecule has 5 rings (SSSR count). The molecule has 0 aliphatic carbocycles. The average molecular weight is 370 g/mol. The minimum atomic E-state index is -0.342. The quantitative estimate of drug-likeness (QED) is 0.540. The van der Waals surface area contributed by atoms with Crippen LogP contribution in [0.2, 0.25) is 0 Å². The van der Waals surface area contributed by atoms with Gasteiger partial charge in [-0.1, -0.05) is 60.7 Å². The summed E-state index contributed by atoms with van der Waals surface area (Å²) in [5.41, 5.74) is 4.54. The summed E-state index contributed by atoms with van der Waals surface area (Å²) in [5, 5.41) is 21.8. The molecular weight excluding hydrogens is 352 g/mol. The summed E-state index contributed by atoms with van der Waals surface area (Å²) in [6.45, 7) is 0.597. The van der Waals surface area contributed by atoms with E-state index in [-0.39, 0.29) is 22.6 Å². The minimum Gasteiger partial charge on any atom is -0.378 e. The van der Waals surface area contributed by atoms with Crippen molar-refractivity contribution in [1.82, 2.24) is 0 Å². The Morgan fingerprint density at radius 3 is 2.39 bits per heavy atom. The number of hydrazone groups is 1. The smallest absolute Gasteiger partial charge is 0.293 e. The summed E-state index contributed by atoms with van der Waals surface area (Å²) in [5.74, 6) is 0.0945. The number of nitro benzene ring substituents is 1. The van der Waals surface area contributed by atoms with Gasteiger partial charge in [-0.15, -0.1) is 0 Å². The molecule has 28 heavy (non-hydrogen) atoms. The second-order valence-corrected chi connectivity index (χ2v) is 6.97. The van der Waals surface area contributed by atoms with Crippen molar-refractivity contribution in [2.24, 2.45) is 11.0 Å². The van der Waals surface area contributed by atoms with E-state index in [0.717, 1.165) is 17.0 Å². The summed E-state index contributed by atoms with van der Waals surface area (Å²) in [7, 11) is 0. The first-order chi connectivity index (χ1) is 13.7. The molecule has 0 aromatic heterocycles. The van der Waals surface area contributed by atoms with E-state index in [1.165, 1.54) is 11.6 Å². The van der Waals surface area contributed by atoms with Gasteiger partial charge >= 0.3 is 0 Å². The molecule has 0 saturated carbocycles. The average Bonchev–Trinajstić information content (AvgIpc) is 3.14. The van der Waals surface area contributed by atoms with Crippen LogP contribution >= 0.6 is 0 Å². The molecule has 0 saturated heterocycles. The number of fused-ring (bicyclic) bond motifs is 3. The minimum absolute atomic E-state index is 0.0264. The first kappa shape index (κ1) is 16.5. The lowest BCUT2D eigenvalue weighted by molar-refractivity contribution is -0.384. The van der Waals surface area contributed by atoms with Crippen LogP contribution in [0.15, 0.2) is 84.0 Å². The van der Waals surface area contributed by atoms with Crippen LogP contribution in [0, 0.1) is 16.0 Å². The molecule has 6 heteroatoms. The van der Waals surface area contributed by atoms with Crippen molar-refractivity contribution in [2.75, 3.05) is 16.9 Å². The van der Waals surface area contributed by atoms with E-state index in [0.29, 0.717) is 12.2 Å². The van der Waals surface area contributed by atoms with E-state index in [4.69, 9.17) is 5.10 Å². The van der Waals surface area contributed by atoms with E-state index in [2.05, 4.69) is 17.4 Å². The van der Waals surface area contributed by atoms with Crippen molar-refractivity contribution < 1.29 is 4.92 Å². The number of rotatable bonds is 3. The molecule has 2 atom stereocenters. The van der Waals surface area contributed by atoms with Gasteiger partial charge in [-0.05, 0) is 17.7 Å². The van der Waals surface area contributed by atoms with Gasteiger partial charge < -0.3 is 5.32 Å². The van der Waals surface area contributed by atoms with Gasteiger partial charge in [0.1, 0.15) is 5.69 Å².